The molecule has 190 valence electrons. The van der Waals surface area contributed by atoms with Gasteiger partial charge in [0.25, 0.3) is 17.7 Å². The van der Waals surface area contributed by atoms with Crippen molar-refractivity contribution in [2.75, 3.05) is 31.6 Å². The quantitative estimate of drug-likeness (QED) is 0.271. The van der Waals surface area contributed by atoms with E-state index in [0.29, 0.717) is 24.7 Å². The van der Waals surface area contributed by atoms with Crippen LogP contribution >= 0.6 is 0 Å². The molecule has 1 unspecified atom stereocenters. The van der Waals surface area contributed by atoms with Crippen LogP contribution in [0.15, 0.2) is 42.5 Å². The van der Waals surface area contributed by atoms with Gasteiger partial charge in [0, 0.05) is 44.7 Å². The summed E-state index contributed by atoms with van der Waals surface area (Å²) in [6, 6.07) is 12.5. The van der Waals surface area contributed by atoms with Crippen LogP contribution in [0, 0.1) is 0 Å². The van der Waals surface area contributed by atoms with Gasteiger partial charge in [0.05, 0.1) is 24.3 Å². The number of carbonyl (C=O) groups is 3. The van der Waals surface area contributed by atoms with Crippen LogP contribution in [0.5, 0.6) is 0 Å². The Balaban J connectivity index is 1.41. The summed E-state index contributed by atoms with van der Waals surface area (Å²) in [5.41, 5.74) is -0.466. The van der Waals surface area contributed by atoms with E-state index in [2.05, 4.69) is 10.2 Å². The van der Waals surface area contributed by atoms with E-state index in [1.807, 2.05) is 29.6 Å². The second-order valence-electron chi connectivity index (χ2n) is 9.21. The molecule has 0 aromatic heterocycles. The third-order valence-electron chi connectivity index (χ3n) is 6.92. The molecule has 5 rings (SSSR count). The van der Waals surface area contributed by atoms with Crippen molar-refractivity contribution in [2.45, 2.75) is 37.6 Å². The molecule has 0 saturated carbocycles. The summed E-state index contributed by atoms with van der Waals surface area (Å²) in [6.45, 7) is 4.13. The van der Waals surface area contributed by atoms with Gasteiger partial charge in [0.15, 0.2) is 0 Å². The van der Waals surface area contributed by atoms with Gasteiger partial charge in [-0.25, -0.2) is 4.90 Å². The van der Waals surface area contributed by atoms with Gasteiger partial charge >= 0.3 is 0 Å². The average molecular weight is 497 g/mol. The molecule has 2 aromatic rings. The summed E-state index contributed by atoms with van der Waals surface area (Å²) in [5.74, 6) is -5.72. The lowest BCUT2D eigenvalue weighted by atomic mass is 9.99. The van der Waals surface area contributed by atoms with Gasteiger partial charge in [-0.15, -0.1) is 0 Å². The summed E-state index contributed by atoms with van der Waals surface area (Å²) in [7, 11) is 0. The number of nitrogens with one attached hydrogen (secondary N) is 2. The molecule has 1 atom stereocenters. The lowest BCUT2D eigenvalue weighted by molar-refractivity contribution is -0.302. The van der Waals surface area contributed by atoms with Crippen molar-refractivity contribution in [3.8, 4) is 0 Å². The zero-order chi connectivity index (χ0) is 25.5. The Morgan fingerprint density at radius 1 is 0.972 bits per heavy atom. The second kappa shape index (κ2) is 9.26. The number of aliphatic hydroxyl groups is 3. The maximum atomic E-state index is 13.2. The van der Waals surface area contributed by atoms with Gasteiger partial charge in [-0.2, -0.15) is 0 Å². The minimum Gasteiger partial charge on any atom is -0.380 e. The number of amides is 3. The summed E-state index contributed by atoms with van der Waals surface area (Å²) in [6.07, 6.45) is -0.721. The van der Waals surface area contributed by atoms with Crippen LogP contribution < -0.4 is 10.6 Å². The molecule has 2 saturated heterocycles. The fourth-order valence-corrected chi connectivity index (χ4v) is 5.02. The Hall–Kier alpha value is -3.35. The Kier molecular flexibility index (Phi) is 6.27. The number of hydrogen-bond donors (Lipinski definition) is 5. The van der Waals surface area contributed by atoms with Gasteiger partial charge in [-0.1, -0.05) is 30.3 Å². The number of carbonyl (C=O) groups excluding carboxylic acids is 3. The molecule has 0 aliphatic carbocycles. The molecule has 3 amide bonds. The van der Waals surface area contributed by atoms with Gasteiger partial charge in [-0.05, 0) is 23.3 Å². The van der Waals surface area contributed by atoms with Crippen LogP contribution in [0.2, 0.25) is 0 Å². The summed E-state index contributed by atoms with van der Waals surface area (Å²) in [5, 5.41) is 38.4. The van der Waals surface area contributed by atoms with Crippen molar-refractivity contribution < 1.29 is 34.4 Å². The van der Waals surface area contributed by atoms with Crippen molar-refractivity contribution in [2.24, 2.45) is 0 Å². The predicted molar refractivity (Wildman–Crippen MR) is 126 cm³/mol. The molecule has 36 heavy (non-hydrogen) atoms. The summed E-state index contributed by atoms with van der Waals surface area (Å²) < 4.78 is 5.42. The van der Waals surface area contributed by atoms with Crippen molar-refractivity contribution >= 4 is 23.4 Å². The Bertz CT molecular complexity index is 1210. The SMILES string of the molecule is O=C1CCC(O)(N2C(=O)c3cccc(NCc4ccccc4CN4CCOCC4)c3C2(O)O)C(=O)N1. The first-order valence-electron chi connectivity index (χ1n) is 11.8. The van der Waals surface area contributed by atoms with Crippen molar-refractivity contribution in [3.63, 3.8) is 0 Å². The minimum absolute atomic E-state index is 0.0651. The number of piperidine rings is 1. The molecule has 0 radical (unpaired) electrons. The first-order valence-corrected chi connectivity index (χ1v) is 11.8. The molecular weight excluding hydrogens is 468 g/mol. The predicted octanol–water partition coefficient (Wildman–Crippen LogP) is -0.193. The number of rotatable bonds is 6. The maximum Gasteiger partial charge on any atom is 0.283 e. The van der Waals surface area contributed by atoms with Crippen molar-refractivity contribution in [1.29, 1.82) is 0 Å². The van der Waals surface area contributed by atoms with Crippen LogP contribution in [0.25, 0.3) is 0 Å². The molecule has 3 heterocycles. The number of benzene rings is 2. The van der Waals surface area contributed by atoms with Gasteiger partial charge in [0.2, 0.25) is 11.6 Å². The topological polar surface area (TPSA) is 152 Å². The summed E-state index contributed by atoms with van der Waals surface area (Å²) >= 11 is 0. The van der Waals surface area contributed by atoms with E-state index in [-0.39, 0.29) is 23.2 Å². The number of hydrogen-bond acceptors (Lipinski definition) is 9. The molecule has 2 fully saturated rings. The second-order valence-corrected chi connectivity index (χ2v) is 9.21. The highest BCUT2D eigenvalue weighted by atomic mass is 16.5. The molecule has 0 spiro atoms. The molecule has 0 bridgehead atoms. The van der Waals surface area contributed by atoms with E-state index < -0.39 is 35.8 Å². The number of nitrogens with zero attached hydrogens (tertiary/aromatic N) is 2. The third-order valence-corrected chi connectivity index (χ3v) is 6.92. The molecule has 5 N–H and O–H groups in total. The van der Waals surface area contributed by atoms with Gasteiger partial charge in [0.1, 0.15) is 0 Å². The van der Waals surface area contributed by atoms with Gasteiger partial charge < -0.3 is 25.4 Å². The normalized spacial score (nSPS) is 24.0. The van der Waals surface area contributed by atoms with Crippen LogP contribution in [0.4, 0.5) is 5.69 Å². The van der Waals surface area contributed by atoms with Crippen LogP contribution in [0.1, 0.15) is 39.9 Å². The number of imide groups is 1. The average Bonchev–Trinajstić information content (AvgIpc) is 3.07. The van der Waals surface area contributed by atoms with E-state index in [0.717, 1.165) is 30.8 Å². The molecule has 11 heteroatoms. The fourth-order valence-electron chi connectivity index (χ4n) is 5.02. The van der Waals surface area contributed by atoms with Crippen molar-refractivity contribution in [1.82, 2.24) is 15.1 Å². The molecule has 2 aromatic carbocycles. The van der Waals surface area contributed by atoms with Crippen LogP contribution in [0.3, 0.4) is 0 Å². The first-order chi connectivity index (χ1) is 17.2. The maximum absolute atomic E-state index is 13.2. The lowest BCUT2D eigenvalue weighted by Gasteiger charge is -2.42. The molecule has 3 aliphatic rings. The fraction of sp³-hybridized carbons (Fsp3) is 0.400. The van der Waals surface area contributed by atoms with E-state index in [1.54, 1.807) is 12.1 Å². The monoisotopic (exact) mass is 496 g/mol. The smallest absolute Gasteiger partial charge is 0.283 e. The zero-order valence-corrected chi connectivity index (χ0v) is 19.6. The number of fused-ring (bicyclic) bond motifs is 1. The zero-order valence-electron chi connectivity index (χ0n) is 19.6. The van der Waals surface area contributed by atoms with E-state index in [4.69, 9.17) is 4.74 Å². The molecule has 3 aliphatic heterocycles. The summed E-state index contributed by atoms with van der Waals surface area (Å²) in [4.78, 5) is 39.9. The van der Waals surface area contributed by atoms with Crippen LogP contribution in [-0.2, 0) is 33.3 Å². The molecule has 11 nitrogen and oxygen atoms in total. The van der Waals surface area contributed by atoms with Crippen LogP contribution in [-0.4, -0.2) is 74.9 Å². The Morgan fingerprint density at radius 3 is 2.42 bits per heavy atom. The molecular formula is C25H28N4O7. The number of morpholine rings is 1. The largest absolute Gasteiger partial charge is 0.380 e. The van der Waals surface area contributed by atoms with E-state index in [9.17, 15) is 29.7 Å². The first kappa shape index (κ1) is 24.3. The highest BCUT2D eigenvalue weighted by molar-refractivity contribution is 6.08. The van der Waals surface area contributed by atoms with E-state index in [1.165, 1.54) is 6.07 Å². The Morgan fingerprint density at radius 2 is 1.69 bits per heavy atom. The highest BCUT2D eigenvalue weighted by Crippen LogP contribution is 2.45. The third kappa shape index (κ3) is 4.14. The standard InChI is InChI=1S/C25H28N4O7/c30-20-8-9-24(33,23(32)27-20)29-22(31)18-6-3-7-19(21(18)25(29,34)35)26-14-16-4-1-2-5-17(16)15-28-10-12-36-13-11-28/h1-7,26,33-35H,8-15H2,(H,27,30,32). The highest BCUT2D eigenvalue weighted by Gasteiger charge is 2.61. The van der Waals surface area contributed by atoms with E-state index >= 15 is 0 Å². The van der Waals surface area contributed by atoms with Gasteiger partial charge in [-0.3, -0.25) is 24.6 Å². The number of anilines is 1. The Labute approximate surface area is 207 Å². The minimum atomic E-state index is -2.99. The number of ether oxygens (including phenoxy) is 1. The van der Waals surface area contributed by atoms with Crippen molar-refractivity contribution in [3.05, 3.63) is 64.7 Å². The lowest BCUT2D eigenvalue weighted by Crippen LogP contribution is -2.67.